The van der Waals surface area contributed by atoms with Crippen LogP contribution in [0.2, 0.25) is 0 Å². The zero-order valence-electron chi connectivity index (χ0n) is 8.71. The lowest BCUT2D eigenvalue weighted by Crippen LogP contribution is -2.20. The summed E-state index contributed by atoms with van der Waals surface area (Å²) in [7, 11) is 0. The maximum Gasteiger partial charge on any atom is 0.335 e. The maximum absolute atomic E-state index is 11.8. The van der Waals surface area contributed by atoms with Gasteiger partial charge in [0.1, 0.15) is 5.82 Å². The number of benzene rings is 1. The van der Waals surface area contributed by atoms with Gasteiger partial charge < -0.3 is 5.11 Å². The first-order valence-electron chi connectivity index (χ1n) is 5.02. The molecule has 3 rings (SSSR count). The monoisotopic (exact) mass is 248 g/mol. The van der Waals surface area contributed by atoms with Crippen LogP contribution in [0.5, 0.6) is 0 Å². The normalized spacial score (nSPS) is 14.9. The van der Waals surface area contributed by atoms with Gasteiger partial charge in [-0.15, -0.1) is 11.8 Å². The predicted molar refractivity (Wildman–Crippen MR) is 63.5 cm³/mol. The van der Waals surface area contributed by atoms with E-state index in [2.05, 4.69) is 4.98 Å². The number of aromatic carboxylic acids is 1. The van der Waals surface area contributed by atoms with Crippen molar-refractivity contribution in [3.63, 3.8) is 0 Å². The molecule has 86 valence electrons. The second-order valence-corrected chi connectivity index (χ2v) is 4.74. The number of rotatable bonds is 1. The molecule has 1 N–H and O–H groups in total. The smallest absolute Gasteiger partial charge is 0.335 e. The molecule has 17 heavy (non-hydrogen) atoms. The molecule has 0 bridgehead atoms. The highest BCUT2D eigenvalue weighted by Crippen LogP contribution is 2.25. The van der Waals surface area contributed by atoms with E-state index < -0.39 is 5.97 Å². The molecule has 1 aliphatic rings. The molecule has 0 spiro atoms. The summed E-state index contributed by atoms with van der Waals surface area (Å²) in [6.45, 7) is 0. The first kappa shape index (κ1) is 10.3. The van der Waals surface area contributed by atoms with Crippen molar-refractivity contribution in [2.45, 2.75) is 5.75 Å². The molecule has 0 amide bonds. The van der Waals surface area contributed by atoms with Gasteiger partial charge in [-0.2, -0.15) is 0 Å². The van der Waals surface area contributed by atoms with Gasteiger partial charge in [0.2, 0.25) is 5.91 Å². The molecule has 2 heterocycles. The fraction of sp³-hybridized carbons (Fsp3) is 0.182. The van der Waals surface area contributed by atoms with Crippen molar-refractivity contribution in [3.8, 4) is 0 Å². The molecule has 0 saturated carbocycles. The van der Waals surface area contributed by atoms with Crippen molar-refractivity contribution in [3.05, 3.63) is 29.6 Å². The van der Waals surface area contributed by atoms with Crippen LogP contribution in [0.3, 0.4) is 0 Å². The Morgan fingerprint density at radius 2 is 2.24 bits per heavy atom. The van der Waals surface area contributed by atoms with E-state index in [1.807, 2.05) is 0 Å². The topological polar surface area (TPSA) is 72.2 Å². The molecule has 0 atom stereocenters. The van der Waals surface area contributed by atoms with Gasteiger partial charge in [0, 0.05) is 0 Å². The lowest BCUT2D eigenvalue weighted by Gasteiger charge is -2.11. The molecule has 6 heteroatoms. The average Bonchev–Trinajstić information content (AvgIpc) is 2.67. The van der Waals surface area contributed by atoms with Crippen molar-refractivity contribution in [2.24, 2.45) is 0 Å². The molecule has 1 aromatic heterocycles. The van der Waals surface area contributed by atoms with Crippen molar-refractivity contribution in [1.29, 1.82) is 0 Å². The first-order valence-corrected chi connectivity index (χ1v) is 6.18. The van der Waals surface area contributed by atoms with E-state index in [9.17, 15) is 9.59 Å². The highest BCUT2D eigenvalue weighted by atomic mass is 32.2. The summed E-state index contributed by atoms with van der Waals surface area (Å²) in [6, 6.07) is 4.64. The zero-order chi connectivity index (χ0) is 12.0. The molecule has 0 radical (unpaired) electrons. The van der Waals surface area contributed by atoms with Gasteiger partial charge in [0.15, 0.2) is 0 Å². The molecule has 0 aliphatic carbocycles. The largest absolute Gasteiger partial charge is 0.478 e. The Morgan fingerprint density at radius 3 is 3.00 bits per heavy atom. The summed E-state index contributed by atoms with van der Waals surface area (Å²) in [6.07, 6.45) is 0. The van der Waals surface area contributed by atoms with Crippen LogP contribution in [0.1, 0.15) is 21.0 Å². The molecule has 0 fully saturated rings. The number of hydrogen-bond donors (Lipinski definition) is 1. The fourth-order valence-electron chi connectivity index (χ4n) is 1.93. The van der Waals surface area contributed by atoms with Crippen molar-refractivity contribution < 1.29 is 14.7 Å². The van der Waals surface area contributed by atoms with Crippen molar-refractivity contribution in [2.75, 3.05) is 5.75 Å². The number of carboxylic acid groups (broad SMARTS) is 1. The molecule has 0 unspecified atom stereocenters. The van der Waals surface area contributed by atoms with Crippen molar-refractivity contribution in [1.82, 2.24) is 9.55 Å². The predicted octanol–water partition coefficient (Wildman–Crippen LogP) is 1.62. The Morgan fingerprint density at radius 1 is 1.41 bits per heavy atom. The molecule has 1 aliphatic heterocycles. The number of thioether (sulfide) groups is 1. The Bertz CT molecular complexity index is 647. The van der Waals surface area contributed by atoms with Gasteiger partial charge in [0.25, 0.3) is 0 Å². The highest BCUT2D eigenvalue weighted by molar-refractivity contribution is 7.99. The first-order chi connectivity index (χ1) is 8.16. The summed E-state index contributed by atoms with van der Waals surface area (Å²) in [5, 5.41) is 8.89. The number of nitrogens with zero attached hydrogens (tertiary/aromatic N) is 2. The van der Waals surface area contributed by atoms with Crippen LogP contribution >= 0.6 is 11.8 Å². The SMILES string of the molecule is O=C(O)c1ccc2c(c1)nc1n2C(=O)CSC1. The molecular weight excluding hydrogens is 240 g/mol. The van der Waals surface area contributed by atoms with Crippen LogP contribution < -0.4 is 0 Å². The van der Waals surface area contributed by atoms with E-state index in [0.717, 1.165) is 0 Å². The Hall–Kier alpha value is -1.82. The molecular formula is C11H8N2O3S. The molecule has 0 saturated heterocycles. The summed E-state index contributed by atoms with van der Waals surface area (Å²) in [4.78, 5) is 26.9. The Balaban J connectivity index is 2.28. The lowest BCUT2D eigenvalue weighted by atomic mass is 10.2. The van der Waals surface area contributed by atoms with E-state index in [1.165, 1.54) is 23.9 Å². The number of carbonyl (C=O) groups is 2. The number of fused-ring (bicyclic) bond motifs is 3. The van der Waals surface area contributed by atoms with E-state index in [4.69, 9.17) is 5.11 Å². The van der Waals surface area contributed by atoms with E-state index >= 15 is 0 Å². The number of hydrogen-bond acceptors (Lipinski definition) is 4. The minimum atomic E-state index is -0.987. The van der Waals surface area contributed by atoms with Crippen LogP contribution in [-0.2, 0) is 5.75 Å². The number of imidazole rings is 1. The maximum atomic E-state index is 11.8. The van der Waals surface area contributed by atoms with Gasteiger partial charge in [0.05, 0.1) is 28.1 Å². The van der Waals surface area contributed by atoms with Crippen LogP contribution in [0.4, 0.5) is 0 Å². The van der Waals surface area contributed by atoms with Gasteiger partial charge in [-0.05, 0) is 18.2 Å². The van der Waals surface area contributed by atoms with E-state index in [1.54, 1.807) is 10.6 Å². The van der Waals surface area contributed by atoms with Crippen LogP contribution in [0.15, 0.2) is 18.2 Å². The second kappa shape index (κ2) is 3.59. The van der Waals surface area contributed by atoms with Crippen LogP contribution in [0.25, 0.3) is 11.0 Å². The third-order valence-electron chi connectivity index (χ3n) is 2.68. The molecule has 5 nitrogen and oxygen atoms in total. The van der Waals surface area contributed by atoms with Gasteiger partial charge in [-0.1, -0.05) is 0 Å². The minimum absolute atomic E-state index is 0.00169. The van der Waals surface area contributed by atoms with Crippen LogP contribution in [-0.4, -0.2) is 32.3 Å². The summed E-state index contributed by atoms with van der Waals surface area (Å²) < 4.78 is 1.58. The summed E-state index contributed by atoms with van der Waals surface area (Å²) in [5.41, 5.74) is 1.44. The molecule has 2 aromatic rings. The second-order valence-electron chi connectivity index (χ2n) is 3.76. The summed E-state index contributed by atoms with van der Waals surface area (Å²) >= 11 is 1.52. The third-order valence-corrected chi connectivity index (χ3v) is 3.59. The van der Waals surface area contributed by atoms with E-state index in [-0.39, 0.29) is 11.5 Å². The Labute approximate surface area is 100 Å². The lowest BCUT2D eigenvalue weighted by molar-refractivity contribution is 0.0696. The average molecular weight is 248 g/mol. The van der Waals surface area contributed by atoms with Crippen molar-refractivity contribution >= 4 is 34.7 Å². The van der Waals surface area contributed by atoms with Gasteiger partial charge >= 0.3 is 5.97 Å². The summed E-state index contributed by atoms with van der Waals surface area (Å²) in [5.74, 6) is 0.839. The quantitative estimate of drug-likeness (QED) is 0.830. The standard InChI is InChI=1S/C11H8N2O3S/c14-10-5-17-4-9-12-7-3-6(11(15)16)1-2-8(7)13(9)10/h1-3H,4-5H2,(H,15,16). The number of carbonyl (C=O) groups excluding carboxylic acids is 1. The van der Waals surface area contributed by atoms with Gasteiger partial charge in [-0.25, -0.2) is 9.78 Å². The van der Waals surface area contributed by atoms with E-state index in [0.29, 0.717) is 28.4 Å². The van der Waals surface area contributed by atoms with Crippen LogP contribution in [0, 0.1) is 0 Å². The Kier molecular flexibility index (Phi) is 2.19. The number of aromatic nitrogens is 2. The number of carboxylic acids is 1. The minimum Gasteiger partial charge on any atom is -0.478 e. The third kappa shape index (κ3) is 1.52. The zero-order valence-corrected chi connectivity index (χ0v) is 9.53. The molecule has 1 aromatic carbocycles. The fourth-order valence-corrected chi connectivity index (χ4v) is 2.71. The highest BCUT2D eigenvalue weighted by Gasteiger charge is 2.21. The van der Waals surface area contributed by atoms with Gasteiger partial charge in [-0.3, -0.25) is 9.36 Å².